The lowest BCUT2D eigenvalue weighted by Crippen LogP contribution is -2.50. The van der Waals surface area contributed by atoms with Crippen LogP contribution in [-0.4, -0.2) is 42.1 Å². The number of nitrogens with one attached hydrogen (secondary N) is 3. The summed E-state index contributed by atoms with van der Waals surface area (Å²) in [7, 11) is 0. The molecule has 1 atom stereocenters. The molecule has 19 heavy (non-hydrogen) atoms. The van der Waals surface area contributed by atoms with Gasteiger partial charge in [0.1, 0.15) is 0 Å². The second-order valence-corrected chi connectivity index (χ2v) is 6.32. The molecule has 0 aliphatic heterocycles. The van der Waals surface area contributed by atoms with Crippen molar-refractivity contribution >= 4 is 23.7 Å². The average molecular weight is 287 g/mol. The molecule has 1 fully saturated rings. The summed E-state index contributed by atoms with van der Waals surface area (Å²) >= 11 is 1.88. The SMILES string of the molecule is CCNC(=O)NC(=O)C(C)NCC1(SC)CCCC1. The summed E-state index contributed by atoms with van der Waals surface area (Å²) in [5.74, 6) is -0.278. The highest BCUT2D eigenvalue weighted by Gasteiger charge is 2.33. The van der Waals surface area contributed by atoms with Gasteiger partial charge in [0.25, 0.3) is 0 Å². The van der Waals surface area contributed by atoms with Gasteiger partial charge in [0.15, 0.2) is 0 Å². The minimum Gasteiger partial charge on any atom is -0.338 e. The smallest absolute Gasteiger partial charge is 0.321 e. The van der Waals surface area contributed by atoms with E-state index in [4.69, 9.17) is 0 Å². The number of amides is 3. The van der Waals surface area contributed by atoms with Gasteiger partial charge in [0.2, 0.25) is 5.91 Å². The molecule has 0 saturated heterocycles. The van der Waals surface area contributed by atoms with E-state index in [0.717, 1.165) is 6.54 Å². The topological polar surface area (TPSA) is 70.2 Å². The van der Waals surface area contributed by atoms with E-state index in [9.17, 15) is 9.59 Å². The highest BCUT2D eigenvalue weighted by molar-refractivity contribution is 8.00. The minimum absolute atomic E-state index is 0.264. The minimum atomic E-state index is -0.429. The molecule has 0 bridgehead atoms. The van der Waals surface area contributed by atoms with Gasteiger partial charge < -0.3 is 10.6 Å². The maximum Gasteiger partial charge on any atom is 0.321 e. The number of urea groups is 1. The Bertz CT molecular complexity index is 317. The van der Waals surface area contributed by atoms with Crippen LogP contribution in [0.15, 0.2) is 0 Å². The van der Waals surface area contributed by atoms with Crippen molar-refractivity contribution in [1.82, 2.24) is 16.0 Å². The molecule has 3 N–H and O–H groups in total. The van der Waals surface area contributed by atoms with E-state index in [0.29, 0.717) is 6.54 Å². The predicted molar refractivity (Wildman–Crippen MR) is 79.4 cm³/mol. The number of hydrogen-bond donors (Lipinski definition) is 3. The summed E-state index contributed by atoms with van der Waals surface area (Å²) in [6.07, 6.45) is 7.06. The normalized spacial score (nSPS) is 18.9. The van der Waals surface area contributed by atoms with Gasteiger partial charge >= 0.3 is 6.03 Å². The Morgan fingerprint density at radius 1 is 1.32 bits per heavy atom. The van der Waals surface area contributed by atoms with Crippen molar-refractivity contribution in [3.63, 3.8) is 0 Å². The van der Waals surface area contributed by atoms with E-state index < -0.39 is 6.03 Å². The molecule has 0 radical (unpaired) electrons. The number of carbonyl (C=O) groups excluding carboxylic acids is 2. The second kappa shape index (κ2) is 7.75. The van der Waals surface area contributed by atoms with Crippen LogP contribution in [-0.2, 0) is 4.79 Å². The lowest BCUT2D eigenvalue weighted by Gasteiger charge is -2.28. The lowest BCUT2D eigenvalue weighted by atomic mass is 10.1. The molecule has 1 saturated carbocycles. The zero-order valence-corrected chi connectivity index (χ0v) is 12.9. The number of rotatable bonds is 6. The molecular formula is C13H25N3O2S. The molecule has 6 heteroatoms. The van der Waals surface area contributed by atoms with Crippen molar-refractivity contribution in [1.29, 1.82) is 0 Å². The van der Waals surface area contributed by atoms with Crippen LogP contribution in [0.5, 0.6) is 0 Å². The number of thioether (sulfide) groups is 1. The van der Waals surface area contributed by atoms with Crippen LogP contribution >= 0.6 is 11.8 Å². The first-order valence-corrected chi connectivity index (χ1v) is 8.12. The largest absolute Gasteiger partial charge is 0.338 e. The molecule has 0 aromatic carbocycles. The number of carbonyl (C=O) groups is 2. The van der Waals surface area contributed by atoms with E-state index >= 15 is 0 Å². The average Bonchev–Trinajstić information content (AvgIpc) is 2.85. The van der Waals surface area contributed by atoms with E-state index in [2.05, 4.69) is 22.2 Å². The second-order valence-electron chi connectivity index (χ2n) is 5.05. The molecular weight excluding hydrogens is 262 g/mol. The highest BCUT2D eigenvalue weighted by atomic mass is 32.2. The Labute approximate surface area is 119 Å². The number of imide groups is 1. The predicted octanol–water partition coefficient (Wildman–Crippen LogP) is 1.49. The van der Waals surface area contributed by atoms with Gasteiger partial charge in [-0.15, -0.1) is 0 Å². The van der Waals surface area contributed by atoms with Crippen LogP contribution < -0.4 is 16.0 Å². The van der Waals surface area contributed by atoms with Gasteiger partial charge in [-0.2, -0.15) is 11.8 Å². The molecule has 1 unspecified atom stereocenters. The Morgan fingerprint density at radius 3 is 2.47 bits per heavy atom. The first-order valence-electron chi connectivity index (χ1n) is 6.90. The van der Waals surface area contributed by atoms with Gasteiger partial charge in [0, 0.05) is 17.8 Å². The molecule has 5 nitrogen and oxygen atoms in total. The fraction of sp³-hybridized carbons (Fsp3) is 0.846. The summed E-state index contributed by atoms with van der Waals surface area (Å²) in [6.45, 7) is 4.93. The Morgan fingerprint density at radius 2 is 1.95 bits per heavy atom. The standard InChI is InChI=1S/C13H25N3O2S/c1-4-14-12(18)16-11(17)10(2)15-9-13(19-3)7-5-6-8-13/h10,15H,4-9H2,1-3H3,(H2,14,16,17,18). The lowest BCUT2D eigenvalue weighted by molar-refractivity contribution is -0.121. The fourth-order valence-electron chi connectivity index (χ4n) is 2.33. The molecule has 1 aliphatic carbocycles. The van der Waals surface area contributed by atoms with Crippen LogP contribution in [0.3, 0.4) is 0 Å². The molecule has 0 aromatic heterocycles. The van der Waals surface area contributed by atoms with Crippen molar-refractivity contribution in [2.45, 2.75) is 50.3 Å². The van der Waals surface area contributed by atoms with Crippen molar-refractivity contribution in [3.05, 3.63) is 0 Å². The first-order chi connectivity index (χ1) is 9.03. The number of hydrogen-bond acceptors (Lipinski definition) is 4. The van der Waals surface area contributed by atoms with Gasteiger partial charge in [-0.05, 0) is 32.9 Å². The molecule has 1 rings (SSSR count). The van der Waals surface area contributed by atoms with E-state index in [1.165, 1.54) is 25.7 Å². The summed E-state index contributed by atoms with van der Waals surface area (Å²) in [5.41, 5.74) is 0. The van der Waals surface area contributed by atoms with Crippen molar-refractivity contribution in [3.8, 4) is 0 Å². The molecule has 3 amide bonds. The third kappa shape index (κ3) is 5.03. The summed E-state index contributed by atoms with van der Waals surface area (Å²) in [5, 5.41) is 8.12. The monoisotopic (exact) mass is 287 g/mol. The molecule has 1 aliphatic rings. The van der Waals surface area contributed by atoms with Gasteiger partial charge in [0.05, 0.1) is 6.04 Å². The quantitative estimate of drug-likeness (QED) is 0.692. The summed E-state index contributed by atoms with van der Waals surface area (Å²) in [6, 6.07) is -0.783. The van der Waals surface area contributed by atoms with Crippen LogP contribution in [0.1, 0.15) is 39.5 Å². The van der Waals surface area contributed by atoms with Gasteiger partial charge in [-0.25, -0.2) is 4.79 Å². The Hall–Kier alpha value is -0.750. The van der Waals surface area contributed by atoms with E-state index in [-0.39, 0.29) is 16.7 Å². The van der Waals surface area contributed by atoms with Crippen molar-refractivity contribution in [2.24, 2.45) is 0 Å². The van der Waals surface area contributed by atoms with E-state index in [1.807, 2.05) is 18.7 Å². The van der Waals surface area contributed by atoms with Gasteiger partial charge in [-0.3, -0.25) is 10.1 Å². The van der Waals surface area contributed by atoms with Crippen molar-refractivity contribution in [2.75, 3.05) is 19.3 Å². The maximum absolute atomic E-state index is 11.8. The molecule has 0 aromatic rings. The highest BCUT2D eigenvalue weighted by Crippen LogP contribution is 2.39. The van der Waals surface area contributed by atoms with Crippen molar-refractivity contribution < 1.29 is 9.59 Å². The molecule has 0 spiro atoms. The van der Waals surface area contributed by atoms with Crippen LogP contribution in [0.25, 0.3) is 0 Å². The third-order valence-electron chi connectivity index (χ3n) is 3.65. The molecule has 110 valence electrons. The van der Waals surface area contributed by atoms with E-state index in [1.54, 1.807) is 6.92 Å². The first kappa shape index (κ1) is 16.3. The Balaban J connectivity index is 2.35. The third-order valence-corrected chi connectivity index (χ3v) is 5.06. The Kier molecular flexibility index (Phi) is 6.65. The zero-order valence-electron chi connectivity index (χ0n) is 12.0. The van der Waals surface area contributed by atoms with Crippen LogP contribution in [0.4, 0.5) is 4.79 Å². The maximum atomic E-state index is 11.8. The summed E-state index contributed by atoms with van der Waals surface area (Å²) in [4.78, 5) is 23.0. The van der Waals surface area contributed by atoms with Crippen LogP contribution in [0.2, 0.25) is 0 Å². The molecule has 0 heterocycles. The fourth-order valence-corrected chi connectivity index (χ4v) is 3.25. The van der Waals surface area contributed by atoms with Crippen LogP contribution in [0, 0.1) is 0 Å². The summed E-state index contributed by atoms with van der Waals surface area (Å²) < 4.78 is 0.264. The zero-order chi connectivity index (χ0) is 14.3. The van der Waals surface area contributed by atoms with Gasteiger partial charge in [-0.1, -0.05) is 12.8 Å².